The second kappa shape index (κ2) is 5.45. The van der Waals surface area contributed by atoms with Gasteiger partial charge in [0.05, 0.1) is 0 Å². The van der Waals surface area contributed by atoms with Crippen LogP contribution in [0.2, 0.25) is 0 Å². The molecule has 2 aliphatic carbocycles. The highest BCUT2D eigenvalue weighted by atomic mass is 19.1. The van der Waals surface area contributed by atoms with Crippen LogP contribution in [0, 0.1) is 5.82 Å². The summed E-state index contributed by atoms with van der Waals surface area (Å²) < 4.78 is 14.6. The maximum atomic E-state index is 14.6. The lowest BCUT2D eigenvalue weighted by Gasteiger charge is -2.24. The second-order valence-corrected chi connectivity index (χ2v) is 5.69. The van der Waals surface area contributed by atoms with E-state index in [1.54, 1.807) is 12.3 Å². The van der Waals surface area contributed by atoms with Gasteiger partial charge in [-0.1, -0.05) is 6.92 Å². The number of nitrogens with zero attached hydrogens (tertiary/aromatic N) is 2. The van der Waals surface area contributed by atoms with Crippen molar-refractivity contribution in [1.82, 2.24) is 10.3 Å². The van der Waals surface area contributed by atoms with Crippen LogP contribution < -0.4 is 10.2 Å². The first-order chi connectivity index (χ1) is 9.29. The Hall–Kier alpha value is -1.16. The van der Waals surface area contributed by atoms with Gasteiger partial charge in [-0.3, -0.25) is 0 Å². The zero-order valence-corrected chi connectivity index (χ0v) is 11.5. The predicted octanol–water partition coefficient (Wildman–Crippen LogP) is 2.85. The van der Waals surface area contributed by atoms with E-state index in [9.17, 15) is 4.39 Å². The molecule has 0 aliphatic heterocycles. The molecule has 2 aliphatic rings. The first-order valence-electron chi connectivity index (χ1n) is 7.43. The van der Waals surface area contributed by atoms with Gasteiger partial charge in [-0.2, -0.15) is 0 Å². The van der Waals surface area contributed by atoms with Gasteiger partial charge in [0, 0.05) is 36.9 Å². The van der Waals surface area contributed by atoms with E-state index in [1.165, 1.54) is 25.7 Å². The van der Waals surface area contributed by atoms with Gasteiger partial charge in [-0.15, -0.1) is 0 Å². The molecule has 3 nitrogen and oxygen atoms in total. The summed E-state index contributed by atoms with van der Waals surface area (Å²) in [6.07, 6.45) is 7.57. The molecule has 0 unspecified atom stereocenters. The maximum absolute atomic E-state index is 14.6. The summed E-state index contributed by atoms with van der Waals surface area (Å²) in [5.41, 5.74) is 0.749. The Morgan fingerprint density at radius 1 is 1.37 bits per heavy atom. The average molecular weight is 263 g/mol. The zero-order valence-electron chi connectivity index (χ0n) is 11.5. The van der Waals surface area contributed by atoms with E-state index >= 15 is 0 Å². The van der Waals surface area contributed by atoms with Crippen molar-refractivity contribution in [2.45, 2.75) is 57.7 Å². The normalized spacial score (nSPS) is 18.6. The van der Waals surface area contributed by atoms with Crippen molar-refractivity contribution in [2.24, 2.45) is 0 Å². The largest absolute Gasteiger partial charge is 0.351 e. The standard InChI is InChI=1S/C15H22FN3/c1-2-9-19(13-5-6-13)15-14(16)11(7-8-17-15)10-18-12-3-4-12/h7-8,12-13,18H,2-6,9-10H2,1H3. The van der Waals surface area contributed by atoms with E-state index in [0.717, 1.165) is 18.5 Å². The Morgan fingerprint density at radius 3 is 2.79 bits per heavy atom. The van der Waals surface area contributed by atoms with E-state index in [2.05, 4.69) is 22.1 Å². The van der Waals surface area contributed by atoms with Crippen LogP contribution in [0.4, 0.5) is 10.2 Å². The summed E-state index contributed by atoms with van der Waals surface area (Å²) in [6.45, 7) is 3.65. The van der Waals surface area contributed by atoms with Crippen LogP contribution in [0.1, 0.15) is 44.6 Å². The van der Waals surface area contributed by atoms with Gasteiger partial charge >= 0.3 is 0 Å². The number of hydrogen-bond acceptors (Lipinski definition) is 3. The van der Waals surface area contributed by atoms with Crippen molar-refractivity contribution < 1.29 is 4.39 Å². The number of rotatable bonds is 7. The first kappa shape index (κ1) is 12.9. The third kappa shape index (κ3) is 3.06. The van der Waals surface area contributed by atoms with Crippen LogP contribution in [0.25, 0.3) is 0 Å². The lowest BCUT2D eigenvalue weighted by atomic mass is 10.2. The highest BCUT2D eigenvalue weighted by Crippen LogP contribution is 2.32. The molecule has 0 saturated heterocycles. The molecule has 2 fully saturated rings. The highest BCUT2D eigenvalue weighted by molar-refractivity contribution is 5.45. The number of hydrogen-bond donors (Lipinski definition) is 1. The summed E-state index contributed by atoms with van der Waals surface area (Å²) in [7, 11) is 0. The Bertz CT molecular complexity index is 441. The average Bonchev–Trinajstić information content (AvgIpc) is 3.28. The molecule has 1 N–H and O–H groups in total. The molecule has 0 radical (unpaired) electrons. The van der Waals surface area contributed by atoms with Crippen molar-refractivity contribution in [3.05, 3.63) is 23.6 Å². The molecule has 0 spiro atoms. The molecule has 0 atom stereocenters. The van der Waals surface area contributed by atoms with Gasteiger partial charge in [0.15, 0.2) is 11.6 Å². The summed E-state index contributed by atoms with van der Waals surface area (Å²) >= 11 is 0. The van der Waals surface area contributed by atoms with Gasteiger partial charge in [0.1, 0.15) is 0 Å². The monoisotopic (exact) mass is 263 g/mol. The van der Waals surface area contributed by atoms with Crippen LogP contribution in [0.15, 0.2) is 12.3 Å². The number of nitrogens with one attached hydrogen (secondary N) is 1. The van der Waals surface area contributed by atoms with Crippen molar-refractivity contribution in [3.8, 4) is 0 Å². The fourth-order valence-corrected chi connectivity index (χ4v) is 2.44. The number of aromatic nitrogens is 1. The van der Waals surface area contributed by atoms with Crippen LogP contribution in [-0.2, 0) is 6.54 Å². The molecule has 19 heavy (non-hydrogen) atoms. The van der Waals surface area contributed by atoms with Gasteiger partial charge in [-0.05, 0) is 38.2 Å². The summed E-state index contributed by atoms with van der Waals surface area (Å²) in [6, 6.07) is 2.91. The topological polar surface area (TPSA) is 28.2 Å². The lowest BCUT2D eigenvalue weighted by molar-refractivity contribution is 0.571. The predicted molar refractivity (Wildman–Crippen MR) is 74.7 cm³/mol. The van der Waals surface area contributed by atoms with Crippen molar-refractivity contribution in [1.29, 1.82) is 0 Å². The minimum Gasteiger partial charge on any atom is -0.351 e. The Labute approximate surface area is 114 Å². The summed E-state index contributed by atoms with van der Waals surface area (Å²) in [4.78, 5) is 6.43. The first-order valence-corrected chi connectivity index (χ1v) is 7.43. The van der Waals surface area contributed by atoms with Crippen LogP contribution in [-0.4, -0.2) is 23.6 Å². The molecule has 104 valence electrons. The molecule has 1 aromatic rings. The van der Waals surface area contributed by atoms with Crippen molar-refractivity contribution in [2.75, 3.05) is 11.4 Å². The van der Waals surface area contributed by atoms with Crippen LogP contribution in [0.5, 0.6) is 0 Å². The number of pyridine rings is 1. The zero-order chi connectivity index (χ0) is 13.2. The van der Waals surface area contributed by atoms with Crippen LogP contribution >= 0.6 is 0 Å². The third-order valence-corrected chi connectivity index (χ3v) is 3.83. The molecule has 0 aromatic carbocycles. The van der Waals surface area contributed by atoms with E-state index in [-0.39, 0.29) is 5.82 Å². The smallest absolute Gasteiger partial charge is 0.170 e. The van der Waals surface area contributed by atoms with Crippen molar-refractivity contribution >= 4 is 5.82 Å². The Morgan fingerprint density at radius 2 is 2.16 bits per heavy atom. The molecular formula is C15H22FN3. The molecular weight excluding hydrogens is 241 g/mol. The van der Waals surface area contributed by atoms with Crippen LogP contribution in [0.3, 0.4) is 0 Å². The van der Waals surface area contributed by atoms with Gasteiger partial charge in [0.2, 0.25) is 0 Å². The highest BCUT2D eigenvalue weighted by Gasteiger charge is 2.31. The molecule has 0 bridgehead atoms. The quantitative estimate of drug-likeness (QED) is 0.820. The van der Waals surface area contributed by atoms with Gasteiger partial charge < -0.3 is 10.2 Å². The SMILES string of the molecule is CCCN(c1nccc(CNC2CC2)c1F)C1CC1. The van der Waals surface area contributed by atoms with E-state index in [1.807, 2.05) is 0 Å². The minimum absolute atomic E-state index is 0.129. The maximum Gasteiger partial charge on any atom is 0.170 e. The molecule has 3 rings (SSSR count). The molecule has 4 heteroatoms. The minimum atomic E-state index is -0.129. The van der Waals surface area contributed by atoms with E-state index in [0.29, 0.717) is 24.4 Å². The van der Waals surface area contributed by atoms with E-state index in [4.69, 9.17) is 0 Å². The Kier molecular flexibility index (Phi) is 3.69. The van der Waals surface area contributed by atoms with Gasteiger partial charge in [0.25, 0.3) is 0 Å². The van der Waals surface area contributed by atoms with Gasteiger partial charge in [-0.25, -0.2) is 9.37 Å². The fourth-order valence-electron chi connectivity index (χ4n) is 2.44. The molecule has 2 saturated carbocycles. The summed E-state index contributed by atoms with van der Waals surface area (Å²) in [5.74, 6) is 0.426. The number of halogens is 1. The molecule has 0 amide bonds. The summed E-state index contributed by atoms with van der Waals surface area (Å²) in [5, 5.41) is 3.37. The Balaban J connectivity index is 1.76. The lowest BCUT2D eigenvalue weighted by Crippen LogP contribution is -2.29. The molecule has 1 aromatic heterocycles. The van der Waals surface area contributed by atoms with E-state index < -0.39 is 0 Å². The third-order valence-electron chi connectivity index (χ3n) is 3.83. The fraction of sp³-hybridized carbons (Fsp3) is 0.667. The number of anilines is 1. The molecule has 1 heterocycles. The second-order valence-electron chi connectivity index (χ2n) is 5.69. The van der Waals surface area contributed by atoms with Crippen molar-refractivity contribution in [3.63, 3.8) is 0 Å².